The number of nitro groups is 1. The number of ether oxygens (including phenoxy) is 1. The Morgan fingerprint density at radius 3 is 2.76 bits per heavy atom. The van der Waals surface area contributed by atoms with Crippen molar-refractivity contribution in [3.63, 3.8) is 0 Å². The Morgan fingerprint density at radius 1 is 1.34 bits per heavy atom. The van der Waals surface area contributed by atoms with Gasteiger partial charge in [0.15, 0.2) is 4.90 Å². The molecule has 0 saturated heterocycles. The molecule has 0 amide bonds. The van der Waals surface area contributed by atoms with E-state index in [1.165, 1.54) is 25.3 Å². The molecule has 1 N–H and O–H groups in total. The summed E-state index contributed by atoms with van der Waals surface area (Å²) >= 11 is 0. The average molecular weight is 428 g/mol. The van der Waals surface area contributed by atoms with Crippen molar-refractivity contribution >= 4 is 21.7 Å². The number of hydrogen-bond acceptors (Lipinski definition) is 6. The van der Waals surface area contributed by atoms with Crippen molar-refractivity contribution in [3.05, 3.63) is 46.5 Å². The quantitative estimate of drug-likeness (QED) is 0.265. The number of rotatable bonds is 10. The molecule has 0 aromatic heterocycles. The van der Waals surface area contributed by atoms with E-state index in [4.69, 9.17) is 0 Å². The van der Waals surface area contributed by atoms with E-state index in [0.29, 0.717) is 25.7 Å². The van der Waals surface area contributed by atoms with Gasteiger partial charge in [0.1, 0.15) is 6.17 Å². The monoisotopic (exact) mass is 428 g/mol. The number of hydrogen-bond donors (Lipinski definition) is 1. The van der Waals surface area contributed by atoms with Crippen LogP contribution in [-0.2, 0) is 19.6 Å². The van der Waals surface area contributed by atoms with Crippen LogP contribution in [0.3, 0.4) is 0 Å². The minimum Gasteiger partial charge on any atom is -0.469 e. The number of sulfonamides is 1. The fourth-order valence-electron chi connectivity index (χ4n) is 3.49. The summed E-state index contributed by atoms with van der Waals surface area (Å²) in [5, 5.41) is 11.1. The number of nitrogens with zero attached hydrogens (tertiary/aromatic N) is 1. The first-order chi connectivity index (χ1) is 13.8. The predicted molar refractivity (Wildman–Crippen MR) is 104 cm³/mol. The molecule has 1 aliphatic carbocycles. The molecular formula is C19H25FN2O6S. The molecule has 1 aromatic rings. The van der Waals surface area contributed by atoms with E-state index in [0.717, 1.165) is 6.07 Å². The molecule has 1 fully saturated rings. The highest BCUT2D eigenvalue weighted by Crippen LogP contribution is 2.37. The van der Waals surface area contributed by atoms with Crippen LogP contribution in [0.1, 0.15) is 32.1 Å². The fourth-order valence-corrected chi connectivity index (χ4v) is 4.76. The lowest BCUT2D eigenvalue weighted by Gasteiger charge is -2.20. The van der Waals surface area contributed by atoms with Crippen LogP contribution in [0, 0.1) is 22.0 Å². The van der Waals surface area contributed by atoms with Gasteiger partial charge < -0.3 is 4.74 Å². The largest absolute Gasteiger partial charge is 0.469 e. The summed E-state index contributed by atoms with van der Waals surface area (Å²) in [4.78, 5) is 21.0. The molecule has 0 bridgehead atoms. The van der Waals surface area contributed by atoms with Crippen LogP contribution in [0.25, 0.3) is 0 Å². The number of methoxy groups -OCH3 is 1. The first kappa shape index (κ1) is 23.0. The topological polar surface area (TPSA) is 116 Å². The van der Waals surface area contributed by atoms with Gasteiger partial charge in [-0.25, -0.2) is 17.5 Å². The lowest BCUT2D eigenvalue weighted by atomic mass is 9.92. The van der Waals surface area contributed by atoms with Gasteiger partial charge in [0.2, 0.25) is 10.0 Å². The van der Waals surface area contributed by atoms with Crippen molar-refractivity contribution in [2.45, 2.75) is 43.2 Å². The predicted octanol–water partition coefficient (Wildman–Crippen LogP) is 3.14. The number of halogens is 1. The first-order valence-corrected chi connectivity index (χ1v) is 10.8. The number of esters is 1. The van der Waals surface area contributed by atoms with Crippen LogP contribution in [0.2, 0.25) is 0 Å². The summed E-state index contributed by atoms with van der Waals surface area (Å²) < 4.78 is 46.3. The van der Waals surface area contributed by atoms with E-state index in [1.807, 2.05) is 0 Å². The van der Waals surface area contributed by atoms with E-state index in [2.05, 4.69) is 9.46 Å². The SMILES string of the molecule is COC(=O)CC/C=C\C[C@@H]1[C@@H](CNS(=O)(=O)c2ccccc2[N+](=O)[O-])CC[C@H]1F. The smallest absolute Gasteiger partial charge is 0.305 e. The minimum atomic E-state index is -4.09. The minimum absolute atomic E-state index is 0.00939. The maximum Gasteiger partial charge on any atom is 0.305 e. The molecule has 0 heterocycles. The Balaban J connectivity index is 1.97. The highest BCUT2D eigenvalue weighted by Gasteiger charge is 2.36. The summed E-state index contributed by atoms with van der Waals surface area (Å²) in [5.41, 5.74) is -0.500. The number of benzene rings is 1. The molecule has 3 atom stereocenters. The summed E-state index contributed by atoms with van der Waals surface area (Å²) in [7, 11) is -2.78. The maximum absolute atomic E-state index is 14.3. The molecule has 0 spiro atoms. The van der Waals surface area contributed by atoms with E-state index in [9.17, 15) is 27.7 Å². The van der Waals surface area contributed by atoms with Crippen LogP contribution in [0.5, 0.6) is 0 Å². The Labute approximate surface area is 169 Å². The van der Waals surface area contributed by atoms with Gasteiger partial charge in [-0.2, -0.15) is 0 Å². The third-order valence-electron chi connectivity index (χ3n) is 5.09. The number of alkyl halides is 1. The van der Waals surface area contributed by atoms with Gasteiger partial charge in [0, 0.05) is 19.0 Å². The van der Waals surface area contributed by atoms with Crippen molar-refractivity contribution in [2.24, 2.45) is 11.8 Å². The highest BCUT2D eigenvalue weighted by atomic mass is 32.2. The van der Waals surface area contributed by atoms with Crippen molar-refractivity contribution in [1.82, 2.24) is 4.72 Å². The first-order valence-electron chi connectivity index (χ1n) is 9.35. The normalized spacial score (nSPS) is 22.1. The molecule has 1 aromatic carbocycles. The number of para-hydroxylation sites is 1. The van der Waals surface area contributed by atoms with Crippen LogP contribution in [0.4, 0.5) is 10.1 Å². The molecule has 8 nitrogen and oxygen atoms in total. The Kier molecular flexibility index (Phi) is 8.27. The van der Waals surface area contributed by atoms with Gasteiger partial charge in [-0.3, -0.25) is 14.9 Å². The van der Waals surface area contributed by atoms with Gasteiger partial charge in [0.05, 0.1) is 12.0 Å². The Hall–Kier alpha value is -2.33. The van der Waals surface area contributed by atoms with Crippen molar-refractivity contribution in [2.75, 3.05) is 13.7 Å². The molecule has 1 aliphatic rings. The zero-order valence-corrected chi connectivity index (χ0v) is 16.9. The molecule has 10 heteroatoms. The van der Waals surface area contributed by atoms with Gasteiger partial charge >= 0.3 is 5.97 Å². The second kappa shape index (κ2) is 10.4. The standard InChI is InChI=1S/C19H25FN2O6S/c1-28-19(23)10-4-2-3-7-15-14(11-12-16(15)20)13-21-29(26,27)18-9-6-5-8-17(18)22(24)25/h2-3,5-6,8-9,14-16,21H,4,7,10-13H2,1H3/b3-2-/t14-,15-,16-/m1/s1. The number of nitro benzene ring substituents is 1. The molecular weight excluding hydrogens is 403 g/mol. The van der Waals surface area contributed by atoms with E-state index in [1.54, 1.807) is 12.2 Å². The zero-order chi connectivity index (χ0) is 21.4. The number of carbonyl (C=O) groups is 1. The summed E-state index contributed by atoms with van der Waals surface area (Å²) in [6.45, 7) is 0.00939. The molecule has 0 aliphatic heterocycles. The number of nitrogens with one attached hydrogen (secondary N) is 1. The van der Waals surface area contributed by atoms with Crippen LogP contribution in [-0.4, -0.2) is 39.1 Å². The highest BCUT2D eigenvalue weighted by molar-refractivity contribution is 7.89. The maximum atomic E-state index is 14.3. The van der Waals surface area contributed by atoms with E-state index >= 15 is 0 Å². The van der Waals surface area contributed by atoms with E-state index < -0.39 is 31.7 Å². The van der Waals surface area contributed by atoms with Gasteiger partial charge in [0.25, 0.3) is 5.69 Å². The summed E-state index contributed by atoms with van der Waals surface area (Å²) in [5.74, 6) is -0.883. The fraction of sp³-hybridized carbons (Fsp3) is 0.526. The van der Waals surface area contributed by atoms with Crippen molar-refractivity contribution < 1.29 is 27.3 Å². The number of allylic oxidation sites excluding steroid dienone is 2. The van der Waals surface area contributed by atoms with Crippen LogP contribution < -0.4 is 4.72 Å². The van der Waals surface area contributed by atoms with Crippen LogP contribution in [0.15, 0.2) is 41.3 Å². The van der Waals surface area contributed by atoms with E-state index in [-0.39, 0.29) is 30.8 Å². The third-order valence-corrected chi connectivity index (χ3v) is 6.56. The molecule has 29 heavy (non-hydrogen) atoms. The lowest BCUT2D eigenvalue weighted by molar-refractivity contribution is -0.387. The molecule has 1 saturated carbocycles. The second-order valence-corrected chi connectivity index (χ2v) is 8.65. The van der Waals surface area contributed by atoms with Gasteiger partial charge in [-0.1, -0.05) is 24.3 Å². The van der Waals surface area contributed by atoms with Crippen LogP contribution >= 0.6 is 0 Å². The van der Waals surface area contributed by atoms with Crippen molar-refractivity contribution in [3.8, 4) is 0 Å². The zero-order valence-electron chi connectivity index (χ0n) is 16.1. The summed E-state index contributed by atoms with van der Waals surface area (Å²) in [6, 6.07) is 5.11. The van der Waals surface area contributed by atoms with Gasteiger partial charge in [-0.05, 0) is 43.6 Å². The lowest BCUT2D eigenvalue weighted by Crippen LogP contribution is -2.32. The van der Waals surface area contributed by atoms with Crippen molar-refractivity contribution in [1.29, 1.82) is 0 Å². The molecule has 2 rings (SSSR count). The Bertz CT molecular complexity index is 858. The van der Waals surface area contributed by atoms with Gasteiger partial charge in [-0.15, -0.1) is 0 Å². The summed E-state index contributed by atoms with van der Waals surface area (Å²) in [6.07, 6.45) is 4.59. The molecule has 0 radical (unpaired) electrons. The molecule has 160 valence electrons. The second-order valence-electron chi connectivity index (χ2n) is 6.92. The average Bonchev–Trinajstić information content (AvgIpc) is 3.05. The number of carbonyl (C=O) groups excluding carboxylic acids is 1. The third kappa shape index (κ3) is 6.33. The Morgan fingerprint density at radius 2 is 2.07 bits per heavy atom. The molecule has 0 unspecified atom stereocenters.